The molecule has 1 aromatic heterocycles. The molecule has 0 atom stereocenters. The van der Waals surface area contributed by atoms with Crippen LogP contribution in [0.15, 0.2) is 48.5 Å². The zero-order chi connectivity index (χ0) is 18.1. The third-order valence-corrected chi connectivity index (χ3v) is 4.56. The summed E-state index contributed by atoms with van der Waals surface area (Å²) in [6.45, 7) is 8.08. The van der Waals surface area contributed by atoms with Crippen molar-refractivity contribution >= 4 is 5.97 Å². The second-order valence-electron chi connectivity index (χ2n) is 6.36. The van der Waals surface area contributed by atoms with Gasteiger partial charge in [-0.3, -0.25) is 0 Å². The van der Waals surface area contributed by atoms with Crippen molar-refractivity contribution in [3.05, 3.63) is 76.9 Å². The normalized spacial score (nSPS) is 10.9. The van der Waals surface area contributed by atoms with Gasteiger partial charge >= 0.3 is 11.8 Å². The predicted molar refractivity (Wildman–Crippen MR) is 97.8 cm³/mol. The topological polar surface area (TPSA) is 46.1 Å². The number of carboxylic acids is 1. The van der Waals surface area contributed by atoms with Crippen molar-refractivity contribution in [2.24, 2.45) is 0 Å². The Balaban J connectivity index is 2.35. The van der Waals surface area contributed by atoms with E-state index in [9.17, 15) is 9.90 Å². The number of benzene rings is 2. The van der Waals surface area contributed by atoms with Gasteiger partial charge in [-0.1, -0.05) is 42.3 Å². The van der Waals surface area contributed by atoms with Crippen LogP contribution < -0.4 is 4.57 Å². The van der Waals surface area contributed by atoms with E-state index in [1.807, 2.05) is 78.4 Å². The summed E-state index contributed by atoms with van der Waals surface area (Å²) in [5, 5.41) is 9.97. The zero-order valence-electron chi connectivity index (χ0n) is 15.1. The molecule has 4 heteroatoms. The van der Waals surface area contributed by atoms with Gasteiger partial charge in [-0.05, 0) is 38.1 Å². The largest absolute Gasteiger partial charge is 0.472 e. The van der Waals surface area contributed by atoms with E-state index in [1.165, 1.54) is 0 Å². The van der Waals surface area contributed by atoms with Crippen LogP contribution >= 0.6 is 0 Å². The highest BCUT2D eigenvalue weighted by Crippen LogP contribution is 2.20. The summed E-state index contributed by atoms with van der Waals surface area (Å²) in [6.07, 6.45) is 0.749. The fourth-order valence-corrected chi connectivity index (χ4v) is 3.26. The molecule has 0 aliphatic carbocycles. The van der Waals surface area contributed by atoms with E-state index in [1.54, 1.807) is 0 Å². The van der Waals surface area contributed by atoms with Crippen molar-refractivity contribution in [1.82, 2.24) is 4.57 Å². The first kappa shape index (κ1) is 17.0. The Labute approximate surface area is 148 Å². The van der Waals surface area contributed by atoms with Crippen LogP contribution in [0.1, 0.15) is 40.1 Å². The molecule has 0 unspecified atom stereocenters. The Morgan fingerprint density at radius 2 is 1.48 bits per heavy atom. The summed E-state index contributed by atoms with van der Waals surface area (Å²) in [6, 6.07) is 15.9. The number of aryl methyl sites for hydroxylation is 2. The van der Waals surface area contributed by atoms with Crippen molar-refractivity contribution in [3.63, 3.8) is 0 Å². The number of carboxylic acid groups (broad SMARTS) is 1. The van der Waals surface area contributed by atoms with Crippen molar-refractivity contribution in [1.29, 1.82) is 0 Å². The molecule has 2 aromatic carbocycles. The van der Waals surface area contributed by atoms with E-state index in [2.05, 4.69) is 6.92 Å². The fraction of sp³-hybridized carbons (Fsp3) is 0.238. The van der Waals surface area contributed by atoms with E-state index in [0.29, 0.717) is 0 Å². The van der Waals surface area contributed by atoms with Crippen LogP contribution in [0.4, 0.5) is 0 Å². The van der Waals surface area contributed by atoms with Gasteiger partial charge in [-0.15, -0.1) is 0 Å². The molecule has 0 aliphatic rings. The zero-order valence-corrected chi connectivity index (χ0v) is 15.1. The minimum absolute atomic E-state index is 0.252. The monoisotopic (exact) mass is 335 g/mol. The highest BCUT2D eigenvalue weighted by Gasteiger charge is 2.34. The molecule has 3 aromatic rings. The summed E-state index contributed by atoms with van der Waals surface area (Å²) in [7, 11) is 0. The van der Waals surface area contributed by atoms with Gasteiger partial charge in [-0.2, -0.15) is 9.13 Å². The molecule has 0 aliphatic heterocycles. The van der Waals surface area contributed by atoms with E-state index in [0.717, 1.165) is 40.3 Å². The lowest BCUT2D eigenvalue weighted by Crippen LogP contribution is -2.40. The molecule has 0 saturated carbocycles. The molecule has 0 fully saturated rings. The minimum Gasteiger partial charge on any atom is -0.472 e. The molecule has 1 heterocycles. The highest BCUT2D eigenvalue weighted by atomic mass is 16.4. The standard InChI is InChI=1S/C21H22N2O2/c1-5-19-16(4)22(17-10-6-14(2)7-11-17)20(21(24)25)23(19)18-12-8-15(3)9-13-18/h6-13H,5H2,1-4H3/p+1. The molecule has 3 rings (SSSR count). The lowest BCUT2D eigenvalue weighted by molar-refractivity contribution is -0.606. The van der Waals surface area contributed by atoms with Gasteiger partial charge in [0.1, 0.15) is 17.1 Å². The number of aromatic nitrogens is 2. The summed E-state index contributed by atoms with van der Waals surface area (Å²) >= 11 is 0. The summed E-state index contributed by atoms with van der Waals surface area (Å²) in [5.74, 6) is -0.689. The van der Waals surface area contributed by atoms with Crippen LogP contribution in [0.3, 0.4) is 0 Å². The quantitative estimate of drug-likeness (QED) is 0.734. The van der Waals surface area contributed by atoms with Gasteiger partial charge in [0.2, 0.25) is 0 Å². The summed E-state index contributed by atoms with van der Waals surface area (Å²) in [5.41, 5.74) is 5.97. The van der Waals surface area contributed by atoms with Crippen molar-refractivity contribution in [2.75, 3.05) is 0 Å². The van der Waals surface area contributed by atoms with Crippen LogP contribution in [-0.2, 0) is 6.42 Å². The lowest BCUT2D eigenvalue weighted by Gasteiger charge is -2.04. The van der Waals surface area contributed by atoms with E-state index >= 15 is 0 Å². The van der Waals surface area contributed by atoms with Gasteiger partial charge in [0.05, 0.1) is 0 Å². The number of hydrogen-bond acceptors (Lipinski definition) is 1. The summed E-state index contributed by atoms with van der Waals surface area (Å²) in [4.78, 5) is 12.2. The van der Waals surface area contributed by atoms with E-state index < -0.39 is 5.97 Å². The van der Waals surface area contributed by atoms with Crippen LogP contribution in [0.2, 0.25) is 0 Å². The molecule has 4 nitrogen and oxygen atoms in total. The first-order valence-corrected chi connectivity index (χ1v) is 8.47. The third-order valence-electron chi connectivity index (χ3n) is 4.56. The number of nitrogens with zero attached hydrogens (tertiary/aromatic N) is 2. The number of hydrogen-bond donors (Lipinski definition) is 1. The molecule has 128 valence electrons. The predicted octanol–water partition coefficient (Wildman–Crippen LogP) is 3.94. The molecule has 0 bridgehead atoms. The Morgan fingerprint density at radius 1 is 0.960 bits per heavy atom. The van der Waals surface area contributed by atoms with Crippen LogP contribution in [0, 0.1) is 20.8 Å². The molecule has 1 N–H and O–H groups in total. The molecule has 0 saturated heterocycles. The number of aromatic carboxylic acids is 1. The van der Waals surface area contributed by atoms with Gasteiger partial charge in [0, 0.05) is 13.3 Å². The van der Waals surface area contributed by atoms with Gasteiger partial charge < -0.3 is 5.11 Å². The molecule has 0 spiro atoms. The average molecular weight is 335 g/mol. The van der Waals surface area contributed by atoms with Gasteiger partial charge in [0.25, 0.3) is 0 Å². The minimum atomic E-state index is -0.941. The highest BCUT2D eigenvalue weighted by molar-refractivity contribution is 5.83. The van der Waals surface area contributed by atoms with Crippen molar-refractivity contribution < 1.29 is 14.5 Å². The maximum atomic E-state index is 12.2. The fourth-order valence-electron chi connectivity index (χ4n) is 3.26. The molecule has 0 radical (unpaired) electrons. The molecular formula is C21H23N2O2+. The first-order valence-electron chi connectivity index (χ1n) is 8.47. The maximum absolute atomic E-state index is 12.2. The van der Waals surface area contributed by atoms with Gasteiger partial charge in [-0.25, -0.2) is 4.79 Å². The Morgan fingerprint density at radius 3 is 1.96 bits per heavy atom. The van der Waals surface area contributed by atoms with Crippen molar-refractivity contribution in [2.45, 2.75) is 34.1 Å². The van der Waals surface area contributed by atoms with E-state index in [-0.39, 0.29) is 5.82 Å². The second-order valence-corrected chi connectivity index (χ2v) is 6.36. The number of imidazole rings is 1. The second kappa shape index (κ2) is 6.55. The third kappa shape index (κ3) is 2.95. The average Bonchev–Trinajstić information content (AvgIpc) is 2.89. The Bertz CT molecular complexity index is 920. The number of carbonyl (C=O) groups is 1. The lowest BCUT2D eigenvalue weighted by atomic mass is 10.2. The SMILES string of the molecule is CCc1c(C)n(-c2ccc(C)cc2)c(C(=O)O)[n+]1-c1ccc(C)cc1. The molecule has 0 amide bonds. The van der Waals surface area contributed by atoms with Crippen molar-refractivity contribution in [3.8, 4) is 11.4 Å². The Kier molecular flexibility index (Phi) is 4.45. The van der Waals surface area contributed by atoms with Crippen LogP contribution in [0.5, 0.6) is 0 Å². The van der Waals surface area contributed by atoms with Crippen LogP contribution in [0.25, 0.3) is 11.4 Å². The molecule has 25 heavy (non-hydrogen) atoms. The van der Waals surface area contributed by atoms with Crippen LogP contribution in [-0.4, -0.2) is 15.6 Å². The van der Waals surface area contributed by atoms with E-state index in [4.69, 9.17) is 0 Å². The Hall–Kier alpha value is -2.88. The molecular weight excluding hydrogens is 312 g/mol. The maximum Gasteiger partial charge on any atom is 0.420 e. The smallest absolute Gasteiger partial charge is 0.420 e. The van der Waals surface area contributed by atoms with Gasteiger partial charge in [0.15, 0.2) is 5.69 Å². The summed E-state index contributed by atoms with van der Waals surface area (Å²) < 4.78 is 3.69. The number of rotatable bonds is 4. The first-order chi connectivity index (χ1) is 11.9.